The molecule has 0 fully saturated rings. The molecule has 1 amide bonds. The number of likely N-dealkylation sites (N-methyl/N-ethyl adjacent to an activating group) is 1. The zero-order valence-electron chi connectivity index (χ0n) is 11.2. The third kappa shape index (κ3) is 2.68. The fraction of sp³-hybridized carbons (Fsp3) is 0.462. The molecule has 1 aliphatic heterocycles. The molecule has 1 unspecified atom stereocenters. The monoisotopic (exact) mass is 269 g/mol. The third-order valence-corrected chi connectivity index (χ3v) is 3.11. The van der Waals surface area contributed by atoms with Gasteiger partial charge in [0, 0.05) is 25.2 Å². The van der Waals surface area contributed by atoms with Gasteiger partial charge >= 0.3 is 0 Å². The smallest absolute Gasteiger partial charge is 0.249 e. The molecule has 1 atom stereocenters. The molecule has 0 aromatic heterocycles. The number of carbonyl (C=O) groups excluding carboxylic acids is 1. The number of halogens is 2. The van der Waals surface area contributed by atoms with E-state index in [0.717, 1.165) is 12.1 Å². The zero-order valence-corrected chi connectivity index (χ0v) is 11.2. The molecule has 0 bridgehead atoms. The molecule has 104 valence electrons. The number of amides is 1. The van der Waals surface area contributed by atoms with Crippen molar-refractivity contribution >= 4 is 17.3 Å². The van der Waals surface area contributed by atoms with E-state index in [9.17, 15) is 13.6 Å². The molecular formula is C13H17F2N3O. The molecular weight excluding hydrogens is 252 g/mol. The van der Waals surface area contributed by atoms with Crippen LogP contribution >= 0.6 is 0 Å². The van der Waals surface area contributed by atoms with Crippen LogP contribution in [0.25, 0.3) is 0 Å². The highest BCUT2D eigenvalue weighted by molar-refractivity contribution is 6.04. The van der Waals surface area contributed by atoms with Crippen LogP contribution in [0.15, 0.2) is 12.1 Å². The summed E-state index contributed by atoms with van der Waals surface area (Å²) in [6.07, 6.45) is 0. The highest BCUT2D eigenvalue weighted by Crippen LogP contribution is 2.33. The Labute approximate surface area is 111 Å². The fourth-order valence-corrected chi connectivity index (χ4v) is 2.05. The zero-order chi connectivity index (χ0) is 14.2. The number of anilines is 2. The number of fused-ring (bicyclic) bond motifs is 1. The van der Waals surface area contributed by atoms with E-state index in [1.807, 2.05) is 19.0 Å². The van der Waals surface area contributed by atoms with Crippen molar-refractivity contribution in [1.82, 2.24) is 4.90 Å². The summed E-state index contributed by atoms with van der Waals surface area (Å²) in [6, 6.07) is 1.72. The maximum Gasteiger partial charge on any atom is 0.249 e. The van der Waals surface area contributed by atoms with Crippen LogP contribution in [0.2, 0.25) is 0 Å². The minimum atomic E-state index is -0.947. The second kappa shape index (κ2) is 5.13. The molecule has 6 heteroatoms. The van der Waals surface area contributed by atoms with Crippen LogP contribution in [0, 0.1) is 11.6 Å². The lowest BCUT2D eigenvalue weighted by molar-refractivity contribution is -0.119. The topological polar surface area (TPSA) is 35.6 Å². The van der Waals surface area contributed by atoms with Gasteiger partial charge < -0.3 is 15.1 Å². The van der Waals surface area contributed by atoms with Crippen molar-refractivity contribution in [2.24, 2.45) is 0 Å². The van der Waals surface area contributed by atoms with Crippen LogP contribution in [0.3, 0.4) is 0 Å². The third-order valence-electron chi connectivity index (χ3n) is 3.11. The maximum atomic E-state index is 13.4. The van der Waals surface area contributed by atoms with Gasteiger partial charge in [0.25, 0.3) is 0 Å². The molecule has 0 radical (unpaired) electrons. The first-order valence-corrected chi connectivity index (χ1v) is 6.12. The van der Waals surface area contributed by atoms with Crippen molar-refractivity contribution in [3.63, 3.8) is 0 Å². The lowest BCUT2D eigenvalue weighted by Gasteiger charge is -2.34. The van der Waals surface area contributed by atoms with Gasteiger partial charge in [-0.25, -0.2) is 8.78 Å². The van der Waals surface area contributed by atoms with Gasteiger partial charge in [0.05, 0.1) is 11.4 Å². The average Bonchev–Trinajstić information content (AvgIpc) is 2.32. The maximum absolute atomic E-state index is 13.4. The van der Waals surface area contributed by atoms with Crippen LogP contribution in [-0.4, -0.2) is 44.0 Å². The Morgan fingerprint density at radius 2 is 1.95 bits per heavy atom. The highest BCUT2D eigenvalue weighted by Gasteiger charge is 2.30. The van der Waals surface area contributed by atoms with Crippen molar-refractivity contribution in [1.29, 1.82) is 0 Å². The Kier molecular flexibility index (Phi) is 3.71. The van der Waals surface area contributed by atoms with Crippen molar-refractivity contribution in [2.45, 2.75) is 13.0 Å². The molecule has 1 aliphatic rings. The second-order valence-electron chi connectivity index (χ2n) is 4.94. The Balaban J connectivity index is 2.37. The number of benzene rings is 1. The normalized spacial score (nSPS) is 18.5. The van der Waals surface area contributed by atoms with Crippen molar-refractivity contribution in [2.75, 3.05) is 37.4 Å². The molecule has 2 rings (SSSR count). The minimum Gasteiger partial charge on any atom is -0.372 e. The van der Waals surface area contributed by atoms with Crippen LogP contribution in [0.5, 0.6) is 0 Å². The number of rotatable bonds is 3. The van der Waals surface area contributed by atoms with Crippen LogP contribution < -0.4 is 10.2 Å². The summed E-state index contributed by atoms with van der Waals surface area (Å²) in [5.41, 5.74) is 0.841. The SMILES string of the molecule is CC1Nc2cc(F)c(F)cc2N(CCN(C)C)C1=O. The summed E-state index contributed by atoms with van der Waals surface area (Å²) < 4.78 is 26.6. The Hall–Kier alpha value is -1.69. The van der Waals surface area contributed by atoms with E-state index in [0.29, 0.717) is 24.5 Å². The summed E-state index contributed by atoms with van der Waals surface area (Å²) in [4.78, 5) is 15.6. The van der Waals surface area contributed by atoms with Crippen LogP contribution in [-0.2, 0) is 4.79 Å². The van der Waals surface area contributed by atoms with Gasteiger partial charge in [0.1, 0.15) is 6.04 Å². The number of carbonyl (C=O) groups is 1. The quantitative estimate of drug-likeness (QED) is 0.906. The first kappa shape index (κ1) is 13.7. The van der Waals surface area contributed by atoms with E-state index in [-0.39, 0.29) is 5.91 Å². The van der Waals surface area contributed by atoms with Gasteiger partial charge in [0.15, 0.2) is 11.6 Å². The second-order valence-corrected chi connectivity index (χ2v) is 4.94. The molecule has 1 heterocycles. The molecule has 19 heavy (non-hydrogen) atoms. The van der Waals surface area contributed by atoms with Crippen molar-refractivity contribution < 1.29 is 13.6 Å². The van der Waals surface area contributed by atoms with Crippen LogP contribution in [0.4, 0.5) is 20.2 Å². The molecule has 0 aliphatic carbocycles. The molecule has 4 nitrogen and oxygen atoms in total. The van der Waals surface area contributed by atoms with E-state index < -0.39 is 17.7 Å². The molecule has 0 saturated carbocycles. The number of hydrogen-bond acceptors (Lipinski definition) is 3. The molecule has 1 aromatic rings. The Bertz CT molecular complexity index is 505. The molecule has 1 aromatic carbocycles. The first-order chi connectivity index (χ1) is 8.90. The van der Waals surface area contributed by atoms with E-state index in [4.69, 9.17) is 0 Å². The largest absolute Gasteiger partial charge is 0.372 e. The standard InChI is InChI=1S/C13H17F2N3O/c1-8-13(19)18(5-4-17(2)3)12-7-10(15)9(14)6-11(12)16-8/h6-8,16H,4-5H2,1-3H3. The van der Waals surface area contributed by atoms with Gasteiger partial charge in [-0.2, -0.15) is 0 Å². The summed E-state index contributed by atoms with van der Waals surface area (Å²) >= 11 is 0. The predicted molar refractivity (Wildman–Crippen MR) is 70.3 cm³/mol. The van der Waals surface area contributed by atoms with Gasteiger partial charge in [-0.1, -0.05) is 0 Å². The number of nitrogens with one attached hydrogen (secondary N) is 1. The Morgan fingerprint density at radius 1 is 1.32 bits per heavy atom. The van der Waals surface area contributed by atoms with Crippen molar-refractivity contribution in [3.8, 4) is 0 Å². The van der Waals surface area contributed by atoms with Crippen LogP contribution in [0.1, 0.15) is 6.92 Å². The number of nitrogens with zero attached hydrogens (tertiary/aromatic N) is 2. The van der Waals surface area contributed by atoms with E-state index in [1.165, 1.54) is 4.90 Å². The summed E-state index contributed by atoms with van der Waals surface area (Å²) in [6.45, 7) is 2.79. The average molecular weight is 269 g/mol. The fourth-order valence-electron chi connectivity index (χ4n) is 2.05. The minimum absolute atomic E-state index is 0.139. The van der Waals surface area contributed by atoms with E-state index >= 15 is 0 Å². The molecule has 0 spiro atoms. The van der Waals surface area contributed by atoms with E-state index in [2.05, 4.69) is 5.32 Å². The Morgan fingerprint density at radius 3 is 2.58 bits per heavy atom. The first-order valence-electron chi connectivity index (χ1n) is 6.12. The molecule has 1 N–H and O–H groups in total. The number of hydrogen-bond donors (Lipinski definition) is 1. The summed E-state index contributed by atoms with van der Waals surface area (Å²) in [7, 11) is 3.78. The van der Waals surface area contributed by atoms with Gasteiger partial charge in [-0.05, 0) is 21.0 Å². The van der Waals surface area contributed by atoms with Gasteiger partial charge in [0.2, 0.25) is 5.91 Å². The predicted octanol–water partition coefficient (Wildman–Crippen LogP) is 1.67. The summed E-state index contributed by atoms with van der Waals surface area (Å²) in [5, 5.41) is 2.88. The molecule has 0 saturated heterocycles. The lowest BCUT2D eigenvalue weighted by Crippen LogP contribution is -2.48. The van der Waals surface area contributed by atoms with Gasteiger partial charge in [-0.3, -0.25) is 4.79 Å². The van der Waals surface area contributed by atoms with E-state index in [1.54, 1.807) is 6.92 Å². The highest BCUT2D eigenvalue weighted by atomic mass is 19.2. The van der Waals surface area contributed by atoms with Crippen molar-refractivity contribution in [3.05, 3.63) is 23.8 Å². The summed E-state index contributed by atoms with van der Waals surface area (Å²) in [5.74, 6) is -2.00. The lowest BCUT2D eigenvalue weighted by atomic mass is 10.1. The van der Waals surface area contributed by atoms with Gasteiger partial charge in [-0.15, -0.1) is 0 Å².